The van der Waals surface area contributed by atoms with Crippen LogP contribution in [0.15, 0.2) is 23.1 Å². The zero-order chi connectivity index (χ0) is 8.55. The first-order valence-electron chi connectivity index (χ1n) is 3.79. The van der Waals surface area contributed by atoms with Crippen molar-refractivity contribution in [2.45, 2.75) is 13.3 Å². The second-order valence-electron chi connectivity index (χ2n) is 2.57. The number of hydrogen-bond acceptors (Lipinski definition) is 2. The Bertz CT molecular complexity index is 408. The topological polar surface area (TPSA) is 30.2 Å². The van der Waals surface area contributed by atoms with Gasteiger partial charge >= 0.3 is 0 Å². The summed E-state index contributed by atoms with van der Waals surface area (Å²) in [4.78, 5) is 4.11. The summed E-state index contributed by atoms with van der Waals surface area (Å²) in [6.07, 6.45) is 2.57. The molecule has 0 spiro atoms. The van der Waals surface area contributed by atoms with Crippen molar-refractivity contribution in [1.82, 2.24) is 14.6 Å². The van der Waals surface area contributed by atoms with E-state index in [9.17, 15) is 0 Å². The second kappa shape index (κ2) is 2.86. The van der Waals surface area contributed by atoms with E-state index in [1.54, 1.807) is 10.8 Å². The molecule has 0 aliphatic rings. The Balaban J connectivity index is 2.75. The van der Waals surface area contributed by atoms with Crippen molar-refractivity contribution in [2.75, 3.05) is 0 Å². The first-order chi connectivity index (χ1) is 5.81. The van der Waals surface area contributed by atoms with Gasteiger partial charge in [0.25, 0.3) is 0 Å². The van der Waals surface area contributed by atoms with Crippen LogP contribution in [0.25, 0.3) is 5.65 Å². The lowest BCUT2D eigenvalue weighted by Crippen LogP contribution is -1.92. The molecule has 2 aromatic rings. The Morgan fingerprint density at radius 2 is 2.33 bits per heavy atom. The maximum absolute atomic E-state index is 4.11. The zero-order valence-electron chi connectivity index (χ0n) is 6.66. The Kier molecular flexibility index (Phi) is 1.84. The number of rotatable bonds is 1. The smallest absolute Gasteiger partial charge is 0.156 e. The number of aryl methyl sites for hydroxylation is 1. The quantitative estimate of drug-likeness (QED) is 0.696. The number of aromatic nitrogens is 3. The third kappa shape index (κ3) is 1.12. The highest BCUT2D eigenvalue weighted by atomic mass is 79.9. The molecule has 0 atom stereocenters. The van der Waals surface area contributed by atoms with Gasteiger partial charge in [0.05, 0.1) is 0 Å². The molecule has 2 aromatic heterocycles. The van der Waals surface area contributed by atoms with Crippen molar-refractivity contribution >= 4 is 21.6 Å². The van der Waals surface area contributed by atoms with Crippen LogP contribution in [-0.2, 0) is 6.42 Å². The summed E-state index contributed by atoms with van der Waals surface area (Å²) in [6, 6.07) is 4.10. The molecule has 2 rings (SSSR count). The van der Waals surface area contributed by atoms with E-state index in [2.05, 4.69) is 39.0 Å². The Morgan fingerprint density at radius 3 is 3.08 bits per heavy atom. The normalized spacial score (nSPS) is 10.8. The molecule has 0 aliphatic carbocycles. The number of halogens is 1. The third-order valence-electron chi connectivity index (χ3n) is 1.80. The molecule has 0 saturated heterocycles. The van der Waals surface area contributed by atoms with Gasteiger partial charge in [-0.1, -0.05) is 6.92 Å². The summed E-state index contributed by atoms with van der Waals surface area (Å²) in [5.74, 6) is 0. The molecule has 0 N–H and O–H groups in total. The molecule has 0 fully saturated rings. The zero-order valence-corrected chi connectivity index (χ0v) is 8.24. The molecule has 62 valence electrons. The maximum Gasteiger partial charge on any atom is 0.156 e. The van der Waals surface area contributed by atoms with Crippen LogP contribution in [0.4, 0.5) is 0 Å². The van der Waals surface area contributed by atoms with Crippen LogP contribution in [0.1, 0.15) is 12.5 Å². The van der Waals surface area contributed by atoms with Crippen molar-refractivity contribution in [3.8, 4) is 0 Å². The molecular formula is C8H8BrN3. The van der Waals surface area contributed by atoms with Crippen LogP contribution < -0.4 is 0 Å². The molecule has 2 heterocycles. The van der Waals surface area contributed by atoms with Crippen molar-refractivity contribution < 1.29 is 0 Å². The highest BCUT2D eigenvalue weighted by molar-refractivity contribution is 9.10. The van der Waals surface area contributed by atoms with Crippen LogP contribution >= 0.6 is 15.9 Å². The van der Waals surface area contributed by atoms with Gasteiger partial charge in [0.15, 0.2) is 5.65 Å². The largest absolute Gasteiger partial charge is 0.215 e. The Labute approximate surface area is 78.6 Å². The molecule has 4 heteroatoms. The molecule has 0 bridgehead atoms. The fourth-order valence-corrected chi connectivity index (χ4v) is 1.71. The molecule has 0 saturated carbocycles. The summed E-state index contributed by atoms with van der Waals surface area (Å²) in [5, 5.41) is 4.05. The number of nitrogens with zero attached hydrogens (tertiary/aromatic N) is 3. The lowest BCUT2D eigenvalue weighted by molar-refractivity contribution is 0.925. The maximum atomic E-state index is 4.11. The minimum Gasteiger partial charge on any atom is -0.215 e. The van der Waals surface area contributed by atoms with Crippen molar-refractivity contribution in [2.24, 2.45) is 0 Å². The number of fused-ring (bicyclic) bond motifs is 1. The lowest BCUT2D eigenvalue weighted by Gasteiger charge is -1.99. The van der Waals surface area contributed by atoms with Gasteiger partial charge in [-0.3, -0.25) is 0 Å². The van der Waals surface area contributed by atoms with Gasteiger partial charge < -0.3 is 0 Å². The number of pyridine rings is 1. The minimum absolute atomic E-state index is 0.890. The highest BCUT2D eigenvalue weighted by Crippen LogP contribution is 2.14. The summed E-state index contributed by atoms with van der Waals surface area (Å²) in [7, 11) is 0. The summed E-state index contributed by atoms with van der Waals surface area (Å²) in [6.45, 7) is 2.12. The molecule has 0 amide bonds. The van der Waals surface area contributed by atoms with Crippen molar-refractivity contribution in [1.29, 1.82) is 0 Å². The predicted octanol–water partition coefficient (Wildman–Crippen LogP) is 2.05. The molecule has 0 aliphatic heterocycles. The van der Waals surface area contributed by atoms with Crippen LogP contribution in [0.2, 0.25) is 0 Å². The van der Waals surface area contributed by atoms with E-state index >= 15 is 0 Å². The minimum atomic E-state index is 0.890. The highest BCUT2D eigenvalue weighted by Gasteiger charge is 2.01. The lowest BCUT2D eigenvalue weighted by atomic mass is 10.2. The van der Waals surface area contributed by atoms with Crippen LogP contribution in [-0.4, -0.2) is 14.6 Å². The third-order valence-corrected chi connectivity index (χ3v) is 2.37. The molecular weight excluding hydrogens is 218 g/mol. The van der Waals surface area contributed by atoms with Gasteiger partial charge in [-0.05, 0) is 40.0 Å². The van der Waals surface area contributed by atoms with Crippen LogP contribution in [0.3, 0.4) is 0 Å². The Morgan fingerprint density at radius 1 is 1.50 bits per heavy atom. The van der Waals surface area contributed by atoms with E-state index in [1.807, 2.05) is 6.07 Å². The van der Waals surface area contributed by atoms with E-state index in [0.717, 1.165) is 16.7 Å². The first-order valence-corrected chi connectivity index (χ1v) is 4.58. The van der Waals surface area contributed by atoms with E-state index in [4.69, 9.17) is 0 Å². The summed E-state index contributed by atoms with van der Waals surface area (Å²) in [5.41, 5.74) is 2.16. The van der Waals surface area contributed by atoms with Crippen LogP contribution in [0, 0.1) is 0 Å². The summed E-state index contributed by atoms with van der Waals surface area (Å²) >= 11 is 3.43. The fraction of sp³-hybridized carbons (Fsp3) is 0.250. The van der Waals surface area contributed by atoms with Gasteiger partial charge in [0.2, 0.25) is 0 Å². The monoisotopic (exact) mass is 225 g/mol. The van der Waals surface area contributed by atoms with Gasteiger partial charge in [0, 0.05) is 0 Å². The SMILES string of the molecule is CCc1cc(Br)n2ncnc2c1. The van der Waals surface area contributed by atoms with Gasteiger partial charge in [-0.15, -0.1) is 0 Å². The van der Waals surface area contributed by atoms with Gasteiger partial charge in [0.1, 0.15) is 10.9 Å². The number of hydrogen-bond donors (Lipinski definition) is 0. The van der Waals surface area contributed by atoms with E-state index < -0.39 is 0 Å². The van der Waals surface area contributed by atoms with Gasteiger partial charge in [-0.25, -0.2) is 9.50 Å². The molecule has 0 radical (unpaired) electrons. The fourth-order valence-electron chi connectivity index (χ4n) is 1.14. The molecule has 0 aromatic carbocycles. The Hall–Kier alpha value is -0.900. The van der Waals surface area contributed by atoms with Crippen molar-refractivity contribution in [3.63, 3.8) is 0 Å². The average molecular weight is 226 g/mol. The van der Waals surface area contributed by atoms with Crippen molar-refractivity contribution in [3.05, 3.63) is 28.6 Å². The molecule has 12 heavy (non-hydrogen) atoms. The van der Waals surface area contributed by atoms with Crippen LogP contribution in [0.5, 0.6) is 0 Å². The predicted molar refractivity (Wildman–Crippen MR) is 50.1 cm³/mol. The van der Waals surface area contributed by atoms with E-state index in [1.165, 1.54) is 5.56 Å². The second-order valence-corrected chi connectivity index (χ2v) is 3.38. The standard InChI is InChI=1S/C8H8BrN3/c1-2-6-3-7(9)12-8(4-6)10-5-11-12/h3-5H,2H2,1H3. The molecule has 0 unspecified atom stereocenters. The molecule has 3 nitrogen and oxygen atoms in total. The van der Waals surface area contributed by atoms with Gasteiger partial charge in [-0.2, -0.15) is 5.10 Å². The average Bonchev–Trinajstić information content (AvgIpc) is 2.52. The first kappa shape index (κ1) is 7.73. The van der Waals surface area contributed by atoms with E-state index in [-0.39, 0.29) is 0 Å². The van der Waals surface area contributed by atoms with E-state index in [0.29, 0.717) is 0 Å². The summed E-state index contributed by atoms with van der Waals surface area (Å²) < 4.78 is 2.72.